The molecule has 0 amide bonds. The maximum Gasteiger partial charge on any atom is 0.243 e. The van der Waals surface area contributed by atoms with Gasteiger partial charge in [0.2, 0.25) is 10.0 Å². The van der Waals surface area contributed by atoms with Crippen molar-refractivity contribution in [2.24, 2.45) is 5.92 Å². The molecule has 1 saturated carbocycles. The van der Waals surface area contributed by atoms with Crippen molar-refractivity contribution in [1.82, 2.24) is 9.62 Å². The van der Waals surface area contributed by atoms with Crippen LogP contribution in [0, 0.1) is 11.7 Å². The molecule has 1 aromatic rings. The fraction of sp³-hybridized carbons (Fsp3) is 0.600. The Labute approximate surface area is 125 Å². The average Bonchev–Trinajstić information content (AvgIpc) is 3.30. The number of nitrogens with zero attached hydrogens (tertiary/aromatic N) is 1. The summed E-state index contributed by atoms with van der Waals surface area (Å²) >= 11 is 0. The van der Waals surface area contributed by atoms with Gasteiger partial charge in [-0.3, -0.25) is 0 Å². The molecule has 116 valence electrons. The molecule has 3 rings (SSSR count). The average molecular weight is 312 g/mol. The summed E-state index contributed by atoms with van der Waals surface area (Å²) in [6, 6.07) is 5.41. The summed E-state index contributed by atoms with van der Waals surface area (Å²) in [7, 11) is -3.59. The first-order valence-electron chi connectivity index (χ1n) is 7.55. The zero-order valence-corrected chi connectivity index (χ0v) is 12.8. The van der Waals surface area contributed by atoms with Crippen molar-refractivity contribution in [2.45, 2.75) is 36.6 Å². The third-order valence-corrected chi connectivity index (χ3v) is 6.11. The third-order valence-electron chi connectivity index (χ3n) is 4.19. The maximum absolute atomic E-state index is 13.3. The summed E-state index contributed by atoms with van der Waals surface area (Å²) < 4.78 is 40.5. The Morgan fingerprint density at radius 1 is 1.29 bits per heavy atom. The van der Waals surface area contributed by atoms with Gasteiger partial charge in [0, 0.05) is 12.6 Å². The van der Waals surface area contributed by atoms with E-state index in [2.05, 4.69) is 5.32 Å². The zero-order valence-electron chi connectivity index (χ0n) is 12.0. The molecule has 0 bridgehead atoms. The van der Waals surface area contributed by atoms with E-state index in [-0.39, 0.29) is 10.9 Å². The Hall–Kier alpha value is -0.980. The SMILES string of the molecule is O=S(=O)(c1cccc(F)c1)N(CC1CCCNC1)C1CC1. The third kappa shape index (κ3) is 3.44. The predicted octanol–water partition coefficient (Wildman–Crippen LogP) is 1.98. The van der Waals surface area contributed by atoms with Gasteiger partial charge in [-0.1, -0.05) is 6.07 Å². The lowest BCUT2D eigenvalue weighted by Gasteiger charge is -2.29. The van der Waals surface area contributed by atoms with Gasteiger partial charge < -0.3 is 5.32 Å². The molecule has 1 aliphatic carbocycles. The fourth-order valence-electron chi connectivity index (χ4n) is 2.90. The van der Waals surface area contributed by atoms with E-state index in [0.29, 0.717) is 12.5 Å². The first-order valence-corrected chi connectivity index (χ1v) is 8.99. The molecular formula is C15H21FN2O2S. The van der Waals surface area contributed by atoms with E-state index in [1.807, 2.05) is 0 Å². The number of benzene rings is 1. The molecular weight excluding hydrogens is 291 g/mol. The van der Waals surface area contributed by atoms with E-state index < -0.39 is 15.8 Å². The summed E-state index contributed by atoms with van der Waals surface area (Å²) in [5.74, 6) is -0.158. The lowest BCUT2D eigenvalue weighted by molar-refractivity contribution is 0.286. The molecule has 4 nitrogen and oxygen atoms in total. The molecule has 2 fully saturated rings. The second-order valence-corrected chi connectivity index (χ2v) is 7.87. The summed E-state index contributed by atoms with van der Waals surface area (Å²) in [4.78, 5) is 0.0677. The van der Waals surface area contributed by atoms with Gasteiger partial charge in [0.25, 0.3) is 0 Å². The van der Waals surface area contributed by atoms with Crippen molar-refractivity contribution < 1.29 is 12.8 Å². The Morgan fingerprint density at radius 3 is 2.71 bits per heavy atom. The van der Waals surface area contributed by atoms with Crippen molar-refractivity contribution in [3.63, 3.8) is 0 Å². The Kier molecular flexibility index (Phi) is 4.28. The Morgan fingerprint density at radius 2 is 2.10 bits per heavy atom. The second-order valence-electron chi connectivity index (χ2n) is 5.98. The second kappa shape index (κ2) is 6.02. The standard InChI is InChI=1S/C15H21FN2O2S/c16-13-4-1-5-15(9-13)21(19,20)18(14-6-7-14)11-12-3-2-8-17-10-12/h1,4-5,9,12,14,17H,2-3,6-8,10-11H2. The summed E-state index contributed by atoms with van der Waals surface area (Å²) in [5.41, 5.74) is 0. The number of halogens is 1. The van der Waals surface area contributed by atoms with Crippen LogP contribution in [0.2, 0.25) is 0 Å². The molecule has 0 radical (unpaired) electrons. The number of rotatable bonds is 5. The number of hydrogen-bond donors (Lipinski definition) is 1. The molecule has 1 aliphatic heterocycles. The summed E-state index contributed by atoms with van der Waals surface area (Å²) in [5, 5.41) is 3.32. The van der Waals surface area contributed by atoms with Gasteiger partial charge in [0.15, 0.2) is 0 Å². The molecule has 0 aromatic heterocycles. The number of nitrogens with one attached hydrogen (secondary N) is 1. The molecule has 1 saturated heterocycles. The molecule has 1 N–H and O–H groups in total. The molecule has 1 aromatic carbocycles. The van der Waals surface area contributed by atoms with Gasteiger partial charge in [-0.05, 0) is 62.9 Å². The highest BCUT2D eigenvalue weighted by molar-refractivity contribution is 7.89. The van der Waals surface area contributed by atoms with Crippen LogP contribution in [0.25, 0.3) is 0 Å². The van der Waals surface area contributed by atoms with E-state index in [1.165, 1.54) is 18.2 Å². The van der Waals surface area contributed by atoms with E-state index in [9.17, 15) is 12.8 Å². The van der Waals surface area contributed by atoms with Crippen molar-refractivity contribution >= 4 is 10.0 Å². The molecule has 1 atom stereocenters. The van der Waals surface area contributed by atoms with Gasteiger partial charge in [-0.25, -0.2) is 12.8 Å². The Balaban J connectivity index is 1.82. The highest BCUT2D eigenvalue weighted by atomic mass is 32.2. The molecule has 1 heterocycles. The van der Waals surface area contributed by atoms with Gasteiger partial charge in [-0.2, -0.15) is 4.31 Å². The normalized spacial score (nSPS) is 23.4. The highest BCUT2D eigenvalue weighted by Gasteiger charge is 2.39. The number of hydrogen-bond acceptors (Lipinski definition) is 3. The highest BCUT2D eigenvalue weighted by Crippen LogP contribution is 2.33. The van der Waals surface area contributed by atoms with Gasteiger partial charge in [0.05, 0.1) is 4.90 Å². The number of sulfonamides is 1. The van der Waals surface area contributed by atoms with Crippen LogP contribution >= 0.6 is 0 Å². The molecule has 0 spiro atoms. The van der Waals surface area contributed by atoms with Crippen molar-refractivity contribution in [1.29, 1.82) is 0 Å². The van der Waals surface area contributed by atoms with Crippen molar-refractivity contribution in [3.05, 3.63) is 30.1 Å². The molecule has 6 heteroatoms. The van der Waals surface area contributed by atoms with E-state index in [1.54, 1.807) is 4.31 Å². The lowest BCUT2D eigenvalue weighted by Crippen LogP contribution is -2.42. The largest absolute Gasteiger partial charge is 0.316 e. The quantitative estimate of drug-likeness (QED) is 0.904. The van der Waals surface area contributed by atoms with E-state index >= 15 is 0 Å². The van der Waals surface area contributed by atoms with Crippen molar-refractivity contribution in [3.8, 4) is 0 Å². The topological polar surface area (TPSA) is 49.4 Å². The van der Waals surface area contributed by atoms with Crippen LogP contribution in [0.1, 0.15) is 25.7 Å². The van der Waals surface area contributed by atoms with Crippen LogP contribution in [-0.4, -0.2) is 38.4 Å². The van der Waals surface area contributed by atoms with Crippen LogP contribution in [0.4, 0.5) is 4.39 Å². The maximum atomic E-state index is 13.3. The Bertz CT molecular complexity index is 595. The first kappa shape index (κ1) is 14.9. The smallest absolute Gasteiger partial charge is 0.243 e. The van der Waals surface area contributed by atoms with Gasteiger partial charge in [-0.15, -0.1) is 0 Å². The van der Waals surface area contributed by atoms with Crippen LogP contribution in [0.3, 0.4) is 0 Å². The molecule has 21 heavy (non-hydrogen) atoms. The first-order chi connectivity index (χ1) is 10.1. The minimum Gasteiger partial charge on any atom is -0.316 e. The lowest BCUT2D eigenvalue weighted by atomic mass is 10.00. The van der Waals surface area contributed by atoms with Crippen LogP contribution < -0.4 is 5.32 Å². The summed E-state index contributed by atoms with van der Waals surface area (Å²) in [6.07, 6.45) is 3.96. The minimum absolute atomic E-state index is 0.0677. The zero-order chi connectivity index (χ0) is 14.9. The van der Waals surface area contributed by atoms with Crippen molar-refractivity contribution in [2.75, 3.05) is 19.6 Å². The van der Waals surface area contributed by atoms with E-state index in [4.69, 9.17) is 0 Å². The fourth-order valence-corrected chi connectivity index (χ4v) is 4.70. The van der Waals surface area contributed by atoms with Crippen LogP contribution in [-0.2, 0) is 10.0 Å². The number of piperidine rings is 1. The van der Waals surface area contributed by atoms with Crippen LogP contribution in [0.5, 0.6) is 0 Å². The van der Waals surface area contributed by atoms with Gasteiger partial charge in [0.1, 0.15) is 5.82 Å². The predicted molar refractivity (Wildman–Crippen MR) is 78.9 cm³/mol. The molecule has 2 aliphatic rings. The van der Waals surface area contributed by atoms with Gasteiger partial charge >= 0.3 is 0 Å². The monoisotopic (exact) mass is 312 g/mol. The van der Waals surface area contributed by atoms with E-state index in [0.717, 1.165) is 44.8 Å². The summed E-state index contributed by atoms with van der Waals surface area (Å²) in [6.45, 7) is 2.41. The minimum atomic E-state index is -3.59. The van der Waals surface area contributed by atoms with Crippen LogP contribution in [0.15, 0.2) is 29.2 Å². The molecule has 1 unspecified atom stereocenters.